The lowest BCUT2D eigenvalue weighted by molar-refractivity contribution is -0.120. The lowest BCUT2D eigenvalue weighted by atomic mass is 10.2. The second-order valence-electron chi connectivity index (χ2n) is 3.52. The number of anilines is 2. The van der Waals surface area contributed by atoms with E-state index in [1.54, 1.807) is 25.2 Å². The molecule has 1 aromatic carbocycles. The first kappa shape index (κ1) is 12.6. The van der Waals surface area contributed by atoms with Crippen LogP contribution in [0.5, 0.6) is 0 Å². The maximum Gasteiger partial charge on any atom is 0.221 e. The van der Waals surface area contributed by atoms with Gasteiger partial charge in [-0.2, -0.15) is 0 Å². The monoisotopic (exact) mass is 241 g/mol. The molecule has 0 spiro atoms. The van der Waals surface area contributed by atoms with Crippen molar-refractivity contribution in [3.63, 3.8) is 0 Å². The molecule has 0 heterocycles. The SMILES string of the molecule is CNC(=O)CCN(C)c1c(N)cccc1Cl. The molecule has 4 nitrogen and oxygen atoms in total. The number of benzene rings is 1. The van der Waals surface area contributed by atoms with Crippen LogP contribution in [0.4, 0.5) is 11.4 Å². The molecule has 88 valence electrons. The van der Waals surface area contributed by atoms with Crippen molar-refractivity contribution in [2.75, 3.05) is 31.3 Å². The van der Waals surface area contributed by atoms with E-state index < -0.39 is 0 Å². The van der Waals surface area contributed by atoms with E-state index in [-0.39, 0.29) is 5.91 Å². The molecule has 3 N–H and O–H groups in total. The van der Waals surface area contributed by atoms with E-state index >= 15 is 0 Å². The van der Waals surface area contributed by atoms with Crippen molar-refractivity contribution in [3.8, 4) is 0 Å². The molecule has 0 aliphatic rings. The Kier molecular flexibility index (Phi) is 4.43. The van der Waals surface area contributed by atoms with Gasteiger partial charge in [0.1, 0.15) is 0 Å². The van der Waals surface area contributed by atoms with Crippen LogP contribution in [0.2, 0.25) is 5.02 Å². The van der Waals surface area contributed by atoms with E-state index in [0.29, 0.717) is 23.7 Å². The summed E-state index contributed by atoms with van der Waals surface area (Å²) in [6.07, 6.45) is 0.414. The van der Waals surface area contributed by atoms with Crippen LogP contribution >= 0.6 is 11.6 Å². The van der Waals surface area contributed by atoms with Gasteiger partial charge in [-0.15, -0.1) is 0 Å². The standard InChI is InChI=1S/C11H16ClN3O/c1-14-10(16)6-7-15(2)11-8(12)4-3-5-9(11)13/h3-5H,6-7,13H2,1-2H3,(H,14,16). The summed E-state index contributed by atoms with van der Waals surface area (Å²) in [5.41, 5.74) is 7.22. The molecule has 0 atom stereocenters. The summed E-state index contributed by atoms with van der Waals surface area (Å²) in [5, 5.41) is 3.17. The Balaban J connectivity index is 2.73. The van der Waals surface area contributed by atoms with Crippen molar-refractivity contribution in [3.05, 3.63) is 23.2 Å². The van der Waals surface area contributed by atoms with E-state index in [1.807, 2.05) is 11.9 Å². The molecule has 5 heteroatoms. The van der Waals surface area contributed by atoms with Gasteiger partial charge in [-0.25, -0.2) is 0 Å². The zero-order chi connectivity index (χ0) is 12.1. The Labute approximate surface area is 100 Å². The van der Waals surface area contributed by atoms with E-state index in [0.717, 1.165) is 5.69 Å². The van der Waals surface area contributed by atoms with Gasteiger partial charge >= 0.3 is 0 Å². The summed E-state index contributed by atoms with van der Waals surface area (Å²) in [6.45, 7) is 0.577. The predicted octanol–water partition coefficient (Wildman–Crippen LogP) is 1.49. The maximum absolute atomic E-state index is 11.1. The van der Waals surface area contributed by atoms with E-state index in [4.69, 9.17) is 17.3 Å². The second kappa shape index (κ2) is 5.61. The molecular formula is C11H16ClN3O. The maximum atomic E-state index is 11.1. The van der Waals surface area contributed by atoms with Crippen molar-refractivity contribution in [2.24, 2.45) is 0 Å². The number of carbonyl (C=O) groups excluding carboxylic acids is 1. The number of carbonyl (C=O) groups is 1. The Morgan fingerprint density at radius 1 is 1.56 bits per heavy atom. The van der Waals surface area contributed by atoms with Crippen molar-refractivity contribution in [2.45, 2.75) is 6.42 Å². The lowest BCUT2D eigenvalue weighted by Crippen LogP contribution is -2.27. The third kappa shape index (κ3) is 3.03. The average molecular weight is 242 g/mol. The highest BCUT2D eigenvalue weighted by molar-refractivity contribution is 6.33. The first-order chi connectivity index (χ1) is 7.56. The summed E-state index contributed by atoms with van der Waals surface area (Å²) in [5.74, 6) is -0.00234. The minimum atomic E-state index is -0.00234. The van der Waals surface area contributed by atoms with Crippen LogP contribution in [0.1, 0.15) is 6.42 Å². The van der Waals surface area contributed by atoms with E-state index in [1.165, 1.54) is 0 Å². The van der Waals surface area contributed by atoms with Crippen LogP contribution < -0.4 is 16.0 Å². The molecule has 1 aromatic rings. The van der Waals surface area contributed by atoms with E-state index in [2.05, 4.69) is 5.32 Å². The number of para-hydroxylation sites is 1. The molecule has 0 radical (unpaired) electrons. The zero-order valence-corrected chi connectivity index (χ0v) is 10.2. The first-order valence-corrected chi connectivity index (χ1v) is 5.39. The molecule has 1 rings (SSSR count). The smallest absolute Gasteiger partial charge is 0.221 e. The first-order valence-electron chi connectivity index (χ1n) is 5.02. The topological polar surface area (TPSA) is 58.4 Å². The molecule has 0 fully saturated rings. The number of hydrogen-bond donors (Lipinski definition) is 2. The van der Waals surface area contributed by atoms with Crippen molar-refractivity contribution >= 4 is 28.9 Å². The number of amides is 1. The molecule has 0 aliphatic heterocycles. The number of nitrogens with two attached hydrogens (primary N) is 1. The zero-order valence-electron chi connectivity index (χ0n) is 9.46. The highest BCUT2D eigenvalue weighted by atomic mass is 35.5. The van der Waals surface area contributed by atoms with Gasteiger partial charge < -0.3 is 16.0 Å². The van der Waals surface area contributed by atoms with Gasteiger partial charge in [0.15, 0.2) is 0 Å². The summed E-state index contributed by atoms with van der Waals surface area (Å²) in [4.78, 5) is 13.0. The molecule has 0 unspecified atom stereocenters. The van der Waals surface area contributed by atoms with Gasteiger partial charge in [0.2, 0.25) is 5.91 Å². The van der Waals surface area contributed by atoms with Gasteiger partial charge in [-0.05, 0) is 12.1 Å². The number of rotatable bonds is 4. The number of nitrogens with one attached hydrogen (secondary N) is 1. The van der Waals surface area contributed by atoms with Crippen LogP contribution in [0, 0.1) is 0 Å². The molecule has 0 aromatic heterocycles. The molecule has 0 saturated carbocycles. The molecule has 0 bridgehead atoms. The minimum absolute atomic E-state index is 0.00234. The Morgan fingerprint density at radius 2 is 2.25 bits per heavy atom. The largest absolute Gasteiger partial charge is 0.397 e. The van der Waals surface area contributed by atoms with Gasteiger partial charge in [0, 0.05) is 27.1 Å². The second-order valence-corrected chi connectivity index (χ2v) is 3.93. The summed E-state index contributed by atoms with van der Waals surface area (Å²) in [7, 11) is 3.48. The normalized spacial score (nSPS) is 9.94. The molecule has 0 aliphatic carbocycles. The van der Waals surface area contributed by atoms with Crippen LogP contribution in [0.15, 0.2) is 18.2 Å². The summed E-state index contributed by atoms with van der Waals surface area (Å²) < 4.78 is 0. The summed E-state index contributed by atoms with van der Waals surface area (Å²) in [6, 6.07) is 5.37. The Hall–Kier alpha value is -1.42. The fourth-order valence-corrected chi connectivity index (χ4v) is 1.77. The van der Waals surface area contributed by atoms with Crippen molar-refractivity contribution in [1.82, 2.24) is 5.32 Å². The van der Waals surface area contributed by atoms with Crippen LogP contribution in [-0.2, 0) is 4.79 Å². The van der Waals surface area contributed by atoms with Crippen LogP contribution in [0.3, 0.4) is 0 Å². The third-order valence-corrected chi connectivity index (χ3v) is 2.66. The Bertz CT molecular complexity index is 361. The van der Waals surface area contributed by atoms with Gasteiger partial charge in [-0.1, -0.05) is 17.7 Å². The Morgan fingerprint density at radius 3 is 2.81 bits per heavy atom. The number of nitrogens with zero attached hydrogens (tertiary/aromatic N) is 1. The van der Waals surface area contributed by atoms with Crippen LogP contribution in [0.25, 0.3) is 0 Å². The summed E-state index contributed by atoms with van der Waals surface area (Å²) >= 11 is 6.05. The molecule has 16 heavy (non-hydrogen) atoms. The van der Waals surface area contributed by atoms with Gasteiger partial charge in [-0.3, -0.25) is 4.79 Å². The number of halogens is 1. The van der Waals surface area contributed by atoms with E-state index in [9.17, 15) is 4.79 Å². The molecule has 1 amide bonds. The molecular weight excluding hydrogens is 226 g/mol. The fourth-order valence-electron chi connectivity index (χ4n) is 1.44. The van der Waals surface area contributed by atoms with Gasteiger partial charge in [0.05, 0.1) is 16.4 Å². The average Bonchev–Trinajstić information content (AvgIpc) is 2.25. The predicted molar refractivity (Wildman–Crippen MR) is 67.8 cm³/mol. The third-order valence-electron chi connectivity index (χ3n) is 2.35. The van der Waals surface area contributed by atoms with Gasteiger partial charge in [0.25, 0.3) is 0 Å². The minimum Gasteiger partial charge on any atom is -0.397 e. The van der Waals surface area contributed by atoms with Crippen LogP contribution in [-0.4, -0.2) is 26.5 Å². The number of nitrogen functional groups attached to an aromatic ring is 1. The highest BCUT2D eigenvalue weighted by Gasteiger charge is 2.10. The fraction of sp³-hybridized carbons (Fsp3) is 0.364. The lowest BCUT2D eigenvalue weighted by Gasteiger charge is -2.21. The van der Waals surface area contributed by atoms with Crippen molar-refractivity contribution < 1.29 is 4.79 Å². The quantitative estimate of drug-likeness (QED) is 0.786. The molecule has 0 saturated heterocycles. The van der Waals surface area contributed by atoms with Crippen molar-refractivity contribution in [1.29, 1.82) is 0 Å². The number of hydrogen-bond acceptors (Lipinski definition) is 3. The highest BCUT2D eigenvalue weighted by Crippen LogP contribution is 2.30.